The fraction of sp³-hybridized carbons (Fsp3) is 0.476. The first-order valence-corrected chi connectivity index (χ1v) is 9.74. The zero-order valence-corrected chi connectivity index (χ0v) is 16.9. The third-order valence-electron chi connectivity index (χ3n) is 5.21. The van der Waals surface area contributed by atoms with Gasteiger partial charge in [0.15, 0.2) is 11.6 Å². The van der Waals surface area contributed by atoms with Crippen LogP contribution >= 0.6 is 0 Å². The molecule has 8 nitrogen and oxygen atoms in total. The lowest BCUT2D eigenvalue weighted by Gasteiger charge is -2.42. The summed E-state index contributed by atoms with van der Waals surface area (Å²) in [6.07, 6.45) is 2.18. The van der Waals surface area contributed by atoms with Crippen LogP contribution < -0.4 is 10.1 Å². The van der Waals surface area contributed by atoms with Crippen LogP contribution in [0.15, 0.2) is 29.5 Å². The van der Waals surface area contributed by atoms with Crippen LogP contribution in [0.4, 0.5) is 4.39 Å². The monoisotopic (exact) mass is 420 g/mol. The molecule has 1 fully saturated rings. The van der Waals surface area contributed by atoms with Crippen LogP contribution in [-0.4, -0.2) is 51.6 Å². The molecule has 1 aliphatic carbocycles. The van der Waals surface area contributed by atoms with Crippen molar-refractivity contribution >= 4 is 17.8 Å². The first kappa shape index (κ1) is 21.6. The second kappa shape index (κ2) is 8.33. The van der Waals surface area contributed by atoms with Crippen molar-refractivity contribution in [2.24, 2.45) is 5.92 Å². The average molecular weight is 420 g/mol. The molecule has 0 radical (unpaired) electrons. The van der Waals surface area contributed by atoms with E-state index in [-0.39, 0.29) is 18.7 Å². The van der Waals surface area contributed by atoms with Gasteiger partial charge < -0.3 is 25.2 Å². The summed E-state index contributed by atoms with van der Waals surface area (Å²) >= 11 is 0. The van der Waals surface area contributed by atoms with Crippen LogP contribution in [0, 0.1) is 11.7 Å². The quantitative estimate of drug-likeness (QED) is 0.555. The van der Waals surface area contributed by atoms with Gasteiger partial charge in [0.25, 0.3) is 11.8 Å². The van der Waals surface area contributed by atoms with Gasteiger partial charge in [0, 0.05) is 18.5 Å². The molecule has 162 valence electrons. The van der Waals surface area contributed by atoms with Gasteiger partial charge in [-0.15, -0.1) is 0 Å². The Morgan fingerprint density at radius 3 is 2.63 bits per heavy atom. The molecule has 2 aliphatic rings. The summed E-state index contributed by atoms with van der Waals surface area (Å²) in [6.45, 7) is 3.24. The number of hydrogen-bond acceptors (Lipinski definition) is 5. The van der Waals surface area contributed by atoms with E-state index < -0.39 is 47.0 Å². The molecule has 0 aromatic heterocycles. The highest BCUT2D eigenvalue weighted by Crippen LogP contribution is 2.34. The number of nitrogens with zero attached hydrogens (tertiary/aromatic N) is 1. The summed E-state index contributed by atoms with van der Waals surface area (Å²) in [4.78, 5) is 37.2. The standard InChI is InChI=1S/C21H25FN2O6/c1-21(2)8-15(25)18(19(28)23-9-17(26)27)20(29)24(21)10-13-5-6-16(14(22)7-13)30-11-12-3-4-12/h5-7,12,25H,3-4,8-11H2,1-2H3,(H,23,28)(H,26,27). The average Bonchev–Trinajstić information content (AvgIpc) is 3.46. The van der Waals surface area contributed by atoms with Crippen molar-refractivity contribution in [2.75, 3.05) is 13.2 Å². The van der Waals surface area contributed by atoms with Crippen LogP contribution in [-0.2, 0) is 20.9 Å². The maximum Gasteiger partial charge on any atom is 0.322 e. The van der Waals surface area contributed by atoms with Crippen LogP contribution in [0.1, 0.15) is 38.7 Å². The molecule has 30 heavy (non-hydrogen) atoms. The number of aliphatic carboxylic acids is 1. The number of halogens is 1. The Morgan fingerprint density at radius 2 is 2.03 bits per heavy atom. The molecule has 1 saturated carbocycles. The minimum atomic E-state index is -1.27. The molecule has 1 aliphatic heterocycles. The fourth-order valence-electron chi connectivity index (χ4n) is 3.32. The lowest BCUT2D eigenvalue weighted by atomic mass is 9.88. The second-order valence-electron chi connectivity index (χ2n) is 8.30. The maximum absolute atomic E-state index is 14.4. The van der Waals surface area contributed by atoms with Crippen molar-refractivity contribution in [3.05, 3.63) is 40.9 Å². The fourth-order valence-corrected chi connectivity index (χ4v) is 3.32. The highest BCUT2D eigenvalue weighted by Gasteiger charge is 2.42. The molecule has 0 unspecified atom stereocenters. The van der Waals surface area contributed by atoms with Crippen LogP contribution in [0.25, 0.3) is 0 Å². The van der Waals surface area contributed by atoms with Crippen LogP contribution in [0.2, 0.25) is 0 Å². The highest BCUT2D eigenvalue weighted by atomic mass is 19.1. The Balaban J connectivity index is 1.77. The number of rotatable bonds is 8. The van der Waals surface area contributed by atoms with E-state index in [1.54, 1.807) is 19.9 Å². The summed E-state index contributed by atoms with van der Waals surface area (Å²) in [6, 6.07) is 4.45. The molecule has 1 aromatic carbocycles. The zero-order valence-electron chi connectivity index (χ0n) is 16.9. The SMILES string of the molecule is CC1(C)CC(O)=C(C(=O)NCC(=O)O)C(=O)N1Cc1ccc(OCC2CC2)c(F)c1. The Morgan fingerprint density at radius 1 is 1.33 bits per heavy atom. The minimum Gasteiger partial charge on any atom is -0.511 e. The second-order valence-corrected chi connectivity index (χ2v) is 8.30. The number of nitrogens with one attached hydrogen (secondary N) is 1. The summed E-state index contributed by atoms with van der Waals surface area (Å²) in [5.74, 6) is -3.28. The predicted octanol–water partition coefficient (Wildman–Crippen LogP) is 2.14. The van der Waals surface area contributed by atoms with Crippen molar-refractivity contribution in [1.82, 2.24) is 10.2 Å². The molecule has 3 N–H and O–H groups in total. The molecule has 0 saturated heterocycles. The van der Waals surface area contributed by atoms with E-state index in [4.69, 9.17) is 9.84 Å². The number of amides is 2. The van der Waals surface area contributed by atoms with Crippen molar-refractivity contribution in [1.29, 1.82) is 0 Å². The van der Waals surface area contributed by atoms with E-state index >= 15 is 0 Å². The molecule has 0 bridgehead atoms. The van der Waals surface area contributed by atoms with Gasteiger partial charge in [-0.25, -0.2) is 4.39 Å². The van der Waals surface area contributed by atoms with Crippen molar-refractivity contribution in [2.45, 2.75) is 45.2 Å². The van der Waals surface area contributed by atoms with Gasteiger partial charge in [-0.3, -0.25) is 14.4 Å². The Kier molecular flexibility index (Phi) is 6.00. The molecule has 3 rings (SSSR count). The molecule has 1 heterocycles. The molecule has 2 amide bonds. The summed E-state index contributed by atoms with van der Waals surface area (Å²) in [5.41, 5.74) is -0.838. The van der Waals surface area contributed by atoms with Gasteiger partial charge in [0.1, 0.15) is 17.9 Å². The van der Waals surface area contributed by atoms with E-state index in [0.29, 0.717) is 18.1 Å². The van der Waals surface area contributed by atoms with Crippen LogP contribution in [0.3, 0.4) is 0 Å². The maximum atomic E-state index is 14.4. The van der Waals surface area contributed by atoms with Gasteiger partial charge in [0.2, 0.25) is 0 Å². The summed E-state index contributed by atoms with van der Waals surface area (Å²) in [5, 5.41) is 21.0. The van der Waals surface area contributed by atoms with E-state index in [0.717, 1.165) is 12.8 Å². The Labute approximate surface area is 173 Å². The number of benzene rings is 1. The van der Waals surface area contributed by atoms with Gasteiger partial charge >= 0.3 is 5.97 Å². The van der Waals surface area contributed by atoms with Crippen molar-refractivity contribution in [3.63, 3.8) is 0 Å². The van der Waals surface area contributed by atoms with E-state index in [1.807, 2.05) is 0 Å². The van der Waals surface area contributed by atoms with E-state index in [9.17, 15) is 23.9 Å². The number of ether oxygens (including phenoxy) is 1. The first-order valence-electron chi connectivity index (χ1n) is 9.74. The topological polar surface area (TPSA) is 116 Å². The highest BCUT2D eigenvalue weighted by molar-refractivity contribution is 6.19. The number of aliphatic hydroxyl groups excluding tert-OH is 1. The third-order valence-corrected chi connectivity index (χ3v) is 5.21. The molecular formula is C21H25FN2O6. The molecular weight excluding hydrogens is 395 g/mol. The van der Waals surface area contributed by atoms with Crippen molar-refractivity contribution < 1.29 is 33.7 Å². The number of carboxylic acid groups (broad SMARTS) is 1. The molecule has 0 atom stereocenters. The number of carboxylic acids is 1. The molecule has 0 spiro atoms. The smallest absolute Gasteiger partial charge is 0.322 e. The normalized spacial score (nSPS) is 18.4. The predicted molar refractivity (Wildman–Crippen MR) is 104 cm³/mol. The lowest BCUT2D eigenvalue weighted by Crippen LogP contribution is -2.53. The van der Waals surface area contributed by atoms with Gasteiger partial charge in [-0.1, -0.05) is 6.07 Å². The van der Waals surface area contributed by atoms with Crippen molar-refractivity contribution in [3.8, 4) is 5.75 Å². The van der Waals surface area contributed by atoms with Gasteiger partial charge in [-0.2, -0.15) is 0 Å². The number of carbonyl (C=O) groups excluding carboxylic acids is 2. The zero-order chi connectivity index (χ0) is 22.1. The Hall–Kier alpha value is -3.10. The molecule has 9 heteroatoms. The van der Waals surface area contributed by atoms with Crippen LogP contribution in [0.5, 0.6) is 5.75 Å². The number of aliphatic hydroxyl groups is 1. The first-order chi connectivity index (χ1) is 14.1. The van der Waals surface area contributed by atoms with E-state index in [1.165, 1.54) is 17.0 Å². The molecule has 1 aromatic rings. The summed E-state index contributed by atoms with van der Waals surface area (Å²) < 4.78 is 19.9. The lowest BCUT2D eigenvalue weighted by molar-refractivity contribution is -0.140. The van der Waals surface area contributed by atoms with Gasteiger partial charge in [-0.05, 0) is 50.3 Å². The largest absolute Gasteiger partial charge is 0.511 e. The summed E-state index contributed by atoms with van der Waals surface area (Å²) in [7, 11) is 0. The Bertz CT molecular complexity index is 907. The minimum absolute atomic E-state index is 0.000367. The third kappa shape index (κ3) is 4.90. The van der Waals surface area contributed by atoms with Gasteiger partial charge in [0.05, 0.1) is 6.61 Å². The number of carbonyl (C=O) groups is 3. The van der Waals surface area contributed by atoms with E-state index in [2.05, 4.69) is 5.32 Å². The number of hydrogen-bond donors (Lipinski definition) is 3.